The maximum Gasteiger partial charge on any atom is 0.331 e. The first-order valence-corrected chi connectivity index (χ1v) is 4.05. The van der Waals surface area contributed by atoms with Crippen molar-refractivity contribution in [1.82, 2.24) is 5.32 Å². The minimum Gasteiger partial charge on any atom is -0.460 e. The number of nitrogens with one attached hydrogen (secondary N) is 1. The molecule has 0 aliphatic heterocycles. The molecule has 1 amide bonds. The van der Waals surface area contributed by atoms with Gasteiger partial charge in [0.1, 0.15) is 6.61 Å². The minimum absolute atomic E-state index is 0.0958. The highest BCUT2D eigenvalue weighted by Crippen LogP contribution is 1.81. The van der Waals surface area contributed by atoms with Crippen LogP contribution in [0, 0.1) is 0 Å². The smallest absolute Gasteiger partial charge is 0.331 e. The summed E-state index contributed by atoms with van der Waals surface area (Å²) in [6, 6.07) is 0. The Hall–Kier alpha value is -1.40. The standard InChI is InChI=1S/C8H13NO5/c10-4-3-9-7(12)1-2-8(13)14-6-5-11/h1-2,10-11H,3-6H2,(H,9,12)/b2-1-. The van der Waals surface area contributed by atoms with Gasteiger partial charge in [-0.1, -0.05) is 0 Å². The summed E-state index contributed by atoms with van der Waals surface area (Å²) >= 11 is 0. The van der Waals surface area contributed by atoms with E-state index in [1.807, 2.05) is 0 Å². The third-order valence-corrected chi connectivity index (χ3v) is 1.12. The van der Waals surface area contributed by atoms with Gasteiger partial charge in [-0.3, -0.25) is 4.79 Å². The van der Waals surface area contributed by atoms with Gasteiger partial charge in [0.15, 0.2) is 0 Å². The number of rotatable bonds is 6. The lowest BCUT2D eigenvalue weighted by Crippen LogP contribution is -2.24. The molecule has 0 saturated carbocycles. The van der Waals surface area contributed by atoms with E-state index >= 15 is 0 Å². The Balaban J connectivity index is 3.68. The Kier molecular flexibility index (Phi) is 7.39. The van der Waals surface area contributed by atoms with Gasteiger partial charge in [-0.15, -0.1) is 0 Å². The molecule has 0 aromatic carbocycles. The summed E-state index contributed by atoms with van der Waals surface area (Å²) in [6.45, 7) is -0.374. The highest BCUT2D eigenvalue weighted by atomic mass is 16.5. The van der Waals surface area contributed by atoms with Crippen LogP contribution < -0.4 is 5.32 Å². The van der Waals surface area contributed by atoms with Crippen molar-refractivity contribution in [2.45, 2.75) is 0 Å². The predicted octanol–water partition coefficient (Wildman–Crippen LogP) is -1.81. The molecule has 0 aromatic heterocycles. The van der Waals surface area contributed by atoms with Crippen molar-refractivity contribution in [3.8, 4) is 0 Å². The summed E-state index contributed by atoms with van der Waals surface area (Å²) in [5.74, 6) is -1.18. The molecule has 0 spiro atoms. The Labute approximate surface area is 81.2 Å². The number of ether oxygens (including phenoxy) is 1. The average molecular weight is 203 g/mol. The lowest BCUT2D eigenvalue weighted by molar-refractivity contribution is -0.138. The maximum atomic E-state index is 10.8. The zero-order chi connectivity index (χ0) is 10.8. The maximum absolute atomic E-state index is 10.8. The van der Waals surface area contributed by atoms with E-state index in [-0.39, 0.29) is 26.4 Å². The number of esters is 1. The summed E-state index contributed by atoms with van der Waals surface area (Å²) in [6.07, 6.45) is 1.94. The second-order valence-electron chi connectivity index (χ2n) is 2.24. The summed E-state index contributed by atoms with van der Waals surface area (Å²) in [7, 11) is 0. The van der Waals surface area contributed by atoms with E-state index in [9.17, 15) is 9.59 Å². The molecule has 14 heavy (non-hydrogen) atoms. The van der Waals surface area contributed by atoms with Crippen LogP contribution in [0.4, 0.5) is 0 Å². The molecule has 6 heteroatoms. The van der Waals surface area contributed by atoms with Gasteiger partial charge < -0.3 is 20.3 Å². The van der Waals surface area contributed by atoms with Gasteiger partial charge in [-0.25, -0.2) is 4.79 Å². The van der Waals surface area contributed by atoms with Gasteiger partial charge in [0.2, 0.25) is 5.91 Å². The zero-order valence-corrected chi connectivity index (χ0v) is 7.60. The molecular formula is C8H13NO5. The Bertz CT molecular complexity index is 192. The molecule has 3 N–H and O–H groups in total. The third-order valence-electron chi connectivity index (χ3n) is 1.12. The Morgan fingerprint density at radius 3 is 2.50 bits per heavy atom. The second-order valence-corrected chi connectivity index (χ2v) is 2.24. The Morgan fingerprint density at radius 2 is 1.93 bits per heavy atom. The van der Waals surface area contributed by atoms with Gasteiger partial charge in [0.25, 0.3) is 0 Å². The number of hydrogen-bond acceptors (Lipinski definition) is 5. The van der Waals surface area contributed by atoms with Crippen LogP contribution in [0.15, 0.2) is 12.2 Å². The Morgan fingerprint density at radius 1 is 1.21 bits per heavy atom. The van der Waals surface area contributed by atoms with Crippen molar-refractivity contribution in [3.05, 3.63) is 12.2 Å². The number of hydrogen-bond donors (Lipinski definition) is 3. The molecule has 0 saturated heterocycles. The topological polar surface area (TPSA) is 95.9 Å². The van der Waals surface area contributed by atoms with Gasteiger partial charge in [0.05, 0.1) is 13.2 Å². The first-order chi connectivity index (χ1) is 6.70. The van der Waals surface area contributed by atoms with Crippen LogP contribution in [-0.2, 0) is 14.3 Å². The minimum atomic E-state index is -0.696. The number of carbonyl (C=O) groups excluding carboxylic acids is 2. The third kappa shape index (κ3) is 7.26. The molecule has 0 radical (unpaired) electrons. The zero-order valence-electron chi connectivity index (χ0n) is 7.60. The predicted molar refractivity (Wildman–Crippen MR) is 47.3 cm³/mol. The van der Waals surface area contributed by atoms with Gasteiger partial charge in [-0.05, 0) is 0 Å². The highest BCUT2D eigenvalue weighted by molar-refractivity contribution is 5.94. The molecule has 0 heterocycles. The number of aliphatic hydroxyl groups is 2. The van der Waals surface area contributed by atoms with Crippen molar-refractivity contribution in [2.24, 2.45) is 0 Å². The van der Waals surface area contributed by atoms with Crippen LogP contribution in [0.1, 0.15) is 0 Å². The van der Waals surface area contributed by atoms with Gasteiger partial charge >= 0.3 is 5.97 Å². The van der Waals surface area contributed by atoms with Crippen LogP contribution in [0.3, 0.4) is 0 Å². The van der Waals surface area contributed by atoms with Gasteiger partial charge in [-0.2, -0.15) is 0 Å². The fourth-order valence-electron chi connectivity index (χ4n) is 0.576. The summed E-state index contributed by atoms with van der Waals surface area (Å²) in [4.78, 5) is 21.5. The lowest BCUT2D eigenvalue weighted by atomic mass is 10.4. The van der Waals surface area contributed by atoms with E-state index in [1.54, 1.807) is 0 Å². The molecular weight excluding hydrogens is 190 g/mol. The molecule has 0 rings (SSSR count). The van der Waals surface area contributed by atoms with Crippen LogP contribution in [0.5, 0.6) is 0 Å². The lowest BCUT2D eigenvalue weighted by Gasteiger charge is -1.98. The van der Waals surface area contributed by atoms with Crippen molar-refractivity contribution in [1.29, 1.82) is 0 Å². The highest BCUT2D eigenvalue weighted by Gasteiger charge is 1.98. The first kappa shape index (κ1) is 12.6. The van der Waals surface area contributed by atoms with Crippen molar-refractivity contribution in [3.63, 3.8) is 0 Å². The van der Waals surface area contributed by atoms with Gasteiger partial charge in [0, 0.05) is 18.7 Å². The fourth-order valence-corrected chi connectivity index (χ4v) is 0.576. The molecule has 80 valence electrons. The largest absolute Gasteiger partial charge is 0.460 e. The molecule has 0 bridgehead atoms. The van der Waals surface area contributed by atoms with E-state index in [0.29, 0.717) is 0 Å². The quantitative estimate of drug-likeness (QED) is 0.349. The van der Waals surface area contributed by atoms with Crippen molar-refractivity contribution < 1.29 is 24.5 Å². The van der Waals surface area contributed by atoms with E-state index in [2.05, 4.69) is 10.1 Å². The van der Waals surface area contributed by atoms with Crippen LogP contribution in [0.25, 0.3) is 0 Å². The van der Waals surface area contributed by atoms with Crippen LogP contribution in [0.2, 0.25) is 0 Å². The van der Waals surface area contributed by atoms with E-state index in [1.165, 1.54) is 0 Å². The summed E-state index contributed by atoms with van der Waals surface area (Å²) in [5, 5.41) is 19.0. The molecule has 0 unspecified atom stereocenters. The average Bonchev–Trinajstić information content (AvgIpc) is 2.20. The number of carbonyl (C=O) groups is 2. The fraction of sp³-hybridized carbons (Fsp3) is 0.500. The SMILES string of the molecule is O=C(/C=C\C(=O)OCCO)NCCO. The molecule has 0 aromatic rings. The van der Waals surface area contributed by atoms with Crippen LogP contribution >= 0.6 is 0 Å². The molecule has 6 nitrogen and oxygen atoms in total. The second kappa shape index (κ2) is 8.21. The molecule has 0 fully saturated rings. The molecule has 0 aliphatic rings. The first-order valence-electron chi connectivity index (χ1n) is 4.05. The van der Waals surface area contributed by atoms with E-state index < -0.39 is 11.9 Å². The monoisotopic (exact) mass is 203 g/mol. The van der Waals surface area contributed by atoms with E-state index in [0.717, 1.165) is 12.2 Å². The number of aliphatic hydroxyl groups excluding tert-OH is 2. The number of amides is 1. The summed E-state index contributed by atoms with van der Waals surface area (Å²) < 4.78 is 4.44. The van der Waals surface area contributed by atoms with Crippen LogP contribution in [-0.4, -0.2) is 48.5 Å². The van der Waals surface area contributed by atoms with Crippen molar-refractivity contribution >= 4 is 11.9 Å². The van der Waals surface area contributed by atoms with Crippen molar-refractivity contribution in [2.75, 3.05) is 26.4 Å². The summed E-state index contributed by atoms with van der Waals surface area (Å²) in [5.41, 5.74) is 0. The normalized spacial score (nSPS) is 10.1. The molecule has 0 atom stereocenters. The van der Waals surface area contributed by atoms with E-state index in [4.69, 9.17) is 10.2 Å². The molecule has 0 aliphatic carbocycles.